The van der Waals surface area contributed by atoms with Crippen LogP contribution in [0.2, 0.25) is 0 Å². The molecule has 1 aliphatic heterocycles. The minimum atomic E-state index is -0.410. The number of ether oxygens (including phenoxy) is 1. The second-order valence-electron chi connectivity index (χ2n) is 6.02. The van der Waals surface area contributed by atoms with Crippen LogP contribution in [0.3, 0.4) is 0 Å². The molecule has 2 aromatic heterocycles. The minimum absolute atomic E-state index is 0.0455. The molecule has 1 amide bonds. The lowest BCUT2D eigenvalue weighted by Crippen LogP contribution is -2.39. The Balaban J connectivity index is 1.71. The second-order valence-corrected chi connectivity index (χ2v) is 8.10. The van der Waals surface area contributed by atoms with Gasteiger partial charge in [-0.2, -0.15) is 0 Å². The number of rotatable bonds is 3. The fourth-order valence-electron chi connectivity index (χ4n) is 3.33. The van der Waals surface area contributed by atoms with Crippen molar-refractivity contribution in [2.24, 2.45) is 0 Å². The molecule has 1 aliphatic rings. The largest absolute Gasteiger partial charge is 0.465 e. The molecular formula is C20H17NO3S2. The van der Waals surface area contributed by atoms with E-state index in [-0.39, 0.29) is 11.9 Å². The van der Waals surface area contributed by atoms with Gasteiger partial charge in [-0.25, -0.2) is 4.79 Å². The monoisotopic (exact) mass is 383 g/mol. The van der Waals surface area contributed by atoms with Gasteiger partial charge in [-0.3, -0.25) is 4.79 Å². The van der Waals surface area contributed by atoms with E-state index in [9.17, 15) is 9.59 Å². The molecule has 6 heteroatoms. The number of nitrogens with zero attached hydrogens (tertiary/aromatic N) is 1. The standard InChI is InChI=1S/C20H17NO3S2/c1-24-20(23)17-8-7-16(26-17)19(22)21-11-9-15-14(10-12-25-15)18(21)13-5-3-2-4-6-13/h2-8,10,12,18H,9,11H2,1H3/t18-/m1/s1. The van der Waals surface area contributed by atoms with Gasteiger partial charge in [0, 0.05) is 11.4 Å². The quantitative estimate of drug-likeness (QED) is 0.631. The molecule has 26 heavy (non-hydrogen) atoms. The van der Waals surface area contributed by atoms with Crippen molar-refractivity contribution in [2.45, 2.75) is 12.5 Å². The average molecular weight is 383 g/mol. The summed E-state index contributed by atoms with van der Waals surface area (Å²) < 4.78 is 4.75. The van der Waals surface area contributed by atoms with Crippen LogP contribution in [0.4, 0.5) is 0 Å². The Morgan fingerprint density at radius 2 is 1.85 bits per heavy atom. The first-order valence-electron chi connectivity index (χ1n) is 8.29. The van der Waals surface area contributed by atoms with Crippen LogP contribution in [0.1, 0.15) is 41.4 Å². The number of hydrogen-bond acceptors (Lipinski definition) is 5. The zero-order valence-corrected chi connectivity index (χ0v) is 15.8. The molecule has 0 aliphatic carbocycles. The van der Waals surface area contributed by atoms with Gasteiger partial charge in [0.05, 0.1) is 18.0 Å². The molecule has 0 radical (unpaired) electrons. The summed E-state index contributed by atoms with van der Waals surface area (Å²) in [5, 5.41) is 2.09. The predicted molar refractivity (Wildman–Crippen MR) is 103 cm³/mol. The van der Waals surface area contributed by atoms with Crippen molar-refractivity contribution < 1.29 is 14.3 Å². The molecule has 0 N–H and O–H groups in total. The first-order chi connectivity index (χ1) is 12.7. The molecule has 0 spiro atoms. The Bertz CT molecular complexity index is 945. The number of carbonyl (C=O) groups is 2. The summed E-state index contributed by atoms with van der Waals surface area (Å²) in [6, 6.07) is 15.5. The van der Waals surface area contributed by atoms with Crippen LogP contribution < -0.4 is 0 Å². The lowest BCUT2D eigenvalue weighted by Gasteiger charge is -2.36. The van der Waals surface area contributed by atoms with Crippen molar-refractivity contribution in [3.05, 3.63) is 79.7 Å². The van der Waals surface area contributed by atoms with Crippen LogP contribution in [0, 0.1) is 0 Å². The molecule has 3 aromatic rings. The van der Waals surface area contributed by atoms with Crippen molar-refractivity contribution in [3.63, 3.8) is 0 Å². The molecule has 0 saturated carbocycles. The predicted octanol–water partition coefficient (Wildman–Crippen LogP) is 4.38. The third kappa shape index (κ3) is 2.95. The van der Waals surface area contributed by atoms with E-state index in [2.05, 4.69) is 23.6 Å². The Morgan fingerprint density at radius 3 is 2.62 bits per heavy atom. The molecule has 1 atom stereocenters. The zero-order valence-electron chi connectivity index (χ0n) is 14.2. The van der Waals surface area contributed by atoms with Crippen molar-refractivity contribution in [2.75, 3.05) is 13.7 Å². The average Bonchev–Trinajstić information content (AvgIpc) is 3.36. The van der Waals surface area contributed by atoms with Crippen LogP contribution in [-0.2, 0) is 11.2 Å². The number of esters is 1. The van der Waals surface area contributed by atoms with Crippen molar-refractivity contribution in [3.8, 4) is 0 Å². The molecule has 132 valence electrons. The SMILES string of the molecule is COC(=O)c1ccc(C(=O)N2CCc3sccc3[C@H]2c2ccccc2)s1. The lowest BCUT2D eigenvalue weighted by molar-refractivity contribution is 0.0606. The maximum atomic E-state index is 13.2. The Morgan fingerprint density at radius 1 is 1.08 bits per heavy atom. The van der Waals surface area contributed by atoms with Gasteiger partial charge in [0.1, 0.15) is 4.88 Å². The van der Waals surface area contributed by atoms with Gasteiger partial charge in [-0.05, 0) is 41.1 Å². The normalized spacial score (nSPS) is 16.2. The van der Waals surface area contributed by atoms with Gasteiger partial charge >= 0.3 is 5.97 Å². The van der Waals surface area contributed by atoms with Crippen LogP contribution in [-0.4, -0.2) is 30.4 Å². The summed E-state index contributed by atoms with van der Waals surface area (Å²) in [6.45, 7) is 0.664. The molecule has 4 rings (SSSR count). The second kappa shape index (κ2) is 7.05. The van der Waals surface area contributed by atoms with Crippen LogP contribution in [0.25, 0.3) is 0 Å². The summed E-state index contributed by atoms with van der Waals surface area (Å²) in [7, 11) is 1.34. The fourth-order valence-corrected chi connectivity index (χ4v) is 5.12. The van der Waals surface area contributed by atoms with Gasteiger partial charge in [0.15, 0.2) is 0 Å². The Kier molecular flexibility index (Phi) is 4.61. The summed E-state index contributed by atoms with van der Waals surface area (Å²) in [4.78, 5) is 29.2. The number of carbonyl (C=O) groups excluding carboxylic acids is 2. The Labute approximate surface area is 159 Å². The summed E-state index contributed by atoms with van der Waals surface area (Å²) in [5.41, 5.74) is 2.30. The third-order valence-electron chi connectivity index (χ3n) is 4.55. The maximum Gasteiger partial charge on any atom is 0.348 e. The molecule has 0 unspecified atom stereocenters. The summed E-state index contributed by atoms with van der Waals surface area (Å²) >= 11 is 2.93. The summed E-state index contributed by atoms with van der Waals surface area (Å²) in [6.07, 6.45) is 0.858. The van der Waals surface area contributed by atoms with Gasteiger partial charge in [0.25, 0.3) is 5.91 Å². The highest BCUT2D eigenvalue weighted by atomic mass is 32.1. The zero-order chi connectivity index (χ0) is 18.1. The number of methoxy groups -OCH3 is 1. The molecule has 0 bridgehead atoms. The number of hydrogen-bond donors (Lipinski definition) is 0. The number of benzene rings is 1. The number of thiophene rings is 2. The van der Waals surface area contributed by atoms with Crippen LogP contribution in [0.15, 0.2) is 53.9 Å². The highest BCUT2D eigenvalue weighted by Crippen LogP contribution is 2.38. The first-order valence-corrected chi connectivity index (χ1v) is 9.99. The van der Waals surface area contributed by atoms with E-state index in [0.717, 1.165) is 12.0 Å². The number of fused-ring (bicyclic) bond motifs is 1. The molecule has 1 aromatic carbocycles. The van der Waals surface area contributed by atoms with E-state index in [0.29, 0.717) is 16.3 Å². The molecule has 3 heterocycles. The van der Waals surface area contributed by atoms with E-state index in [1.807, 2.05) is 23.1 Å². The number of amides is 1. The van der Waals surface area contributed by atoms with Crippen LogP contribution >= 0.6 is 22.7 Å². The fraction of sp³-hybridized carbons (Fsp3) is 0.200. The molecular weight excluding hydrogens is 366 g/mol. The van der Waals surface area contributed by atoms with Gasteiger partial charge in [0.2, 0.25) is 0 Å². The molecule has 0 saturated heterocycles. The van der Waals surface area contributed by atoms with E-state index in [1.54, 1.807) is 23.5 Å². The first kappa shape index (κ1) is 17.0. The minimum Gasteiger partial charge on any atom is -0.465 e. The van der Waals surface area contributed by atoms with Crippen molar-refractivity contribution in [1.29, 1.82) is 0 Å². The van der Waals surface area contributed by atoms with Gasteiger partial charge in [-0.1, -0.05) is 30.3 Å². The highest BCUT2D eigenvalue weighted by Gasteiger charge is 2.33. The Hall–Kier alpha value is -2.44. The van der Waals surface area contributed by atoms with Crippen molar-refractivity contribution in [1.82, 2.24) is 4.90 Å². The van der Waals surface area contributed by atoms with Crippen LogP contribution in [0.5, 0.6) is 0 Å². The highest BCUT2D eigenvalue weighted by molar-refractivity contribution is 7.15. The maximum absolute atomic E-state index is 13.2. The van der Waals surface area contributed by atoms with Crippen molar-refractivity contribution >= 4 is 34.6 Å². The third-order valence-corrected chi connectivity index (χ3v) is 6.60. The topological polar surface area (TPSA) is 46.6 Å². The lowest BCUT2D eigenvalue weighted by atomic mass is 9.93. The summed E-state index contributed by atoms with van der Waals surface area (Å²) in [5.74, 6) is -0.455. The molecule has 4 nitrogen and oxygen atoms in total. The van der Waals surface area contributed by atoms with E-state index < -0.39 is 5.97 Å². The van der Waals surface area contributed by atoms with E-state index in [4.69, 9.17) is 4.74 Å². The molecule has 0 fully saturated rings. The smallest absolute Gasteiger partial charge is 0.348 e. The van der Waals surface area contributed by atoms with Gasteiger partial charge < -0.3 is 9.64 Å². The van der Waals surface area contributed by atoms with E-state index >= 15 is 0 Å². The van der Waals surface area contributed by atoms with Gasteiger partial charge in [-0.15, -0.1) is 22.7 Å². The van der Waals surface area contributed by atoms with E-state index in [1.165, 1.54) is 28.9 Å².